The number of rotatable bonds is 6. The number of anilines is 1. The van der Waals surface area contributed by atoms with Gasteiger partial charge in [0, 0.05) is 17.8 Å². The van der Waals surface area contributed by atoms with Gasteiger partial charge in [0.25, 0.3) is 0 Å². The Kier molecular flexibility index (Phi) is 5.90. The number of pyridine rings is 1. The van der Waals surface area contributed by atoms with Crippen molar-refractivity contribution in [1.29, 1.82) is 0 Å². The van der Waals surface area contributed by atoms with Crippen molar-refractivity contribution >= 4 is 21.7 Å². The third-order valence-corrected chi connectivity index (χ3v) is 6.43. The minimum atomic E-state index is -3.85. The van der Waals surface area contributed by atoms with Gasteiger partial charge in [-0.15, -0.1) is 0 Å². The van der Waals surface area contributed by atoms with Crippen LogP contribution in [0.1, 0.15) is 23.1 Å². The Morgan fingerprint density at radius 1 is 1.10 bits per heavy atom. The Hall–Kier alpha value is -3.39. The zero-order chi connectivity index (χ0) is 21.8. The van der Waals surface area contributed by atoms with Crippen molar-refractivity contribution in [3.05, 3.63) is 77.5 Å². The van der Waals surface area contributed by atoms with E-state index in [4.69, 9.17) is 4.74 Å². The van der Waals surface area contributed by atoms with Crippen molar-refractivity contribution in [2.75, 3.05) is 12.4 Å². The maximum Gasteiger partial charge on any atom is 0.332 e. The van der Waals surface area contributed by atoms with Gasteiger partial charge in [0.15, 0.2) is 0 Å². The van der Waals surface area contributed by atoms with Gasteiger partial charge in [-0.1, -0.05) is 42.5 Å². The molecule has 2 N–H and O–H groups in total. The number of aryl methyl sites for hydroxylation is 1. The molecule has 2 amide bonds. The van der Waals surface area contributed by atoms with Crippen LogP contribution >= 0.6 is 0 Å². The molecule has 0 spiro atoms. The number of sulfonamides is 1. The maximum atomic E-state index is 12.7. The van der Waals surface area contributed by atoms with Gasteiger partial charge >= 0.3 is 6.03 Å². The predicted molar refractivity (Wildman–Crippen MR) is 119 cm³/mol. The molecule has 31 heavy (non-hydrogen) atoms. The highest BCUT2D eigenvalue weighted by molar-refractivity contribution is 7.89. The Morgan fingerprint density at radius 3 is 2.68 bits per heavy atom. The topological polar surface area (TPSA) is 97.4 Å². The van der Waals surface area contributed by atoms with E-state index in [-0.39, 0.29) is 5.75 Å². The van der Waals surface area contributed by atoms with E-state index in [1.54, 1.807) is 43.6 Å². The number of aromatic nitrogens is 1. The average molecular weight is 438 g/mol. The van der Waals surface area contributed by atoms with Gasteiger partial charge in [-0.05, 0) is 47.6 Å². The summed E-state index contributed by atoms with van der Waals surface area (Å²) in [6, 6.07) is 15.6. The highest BCUT2D eigenvalue weighted by Gasteiger charge is 2.22. The first-order valence-corrected chi connectivity index (χ1v) is 11.6. The van der Waals surface area contributed by atoms with Gasteiger partial charge in [0.2, 0.25) is 15.9 Å². The maximum absolute atomic E-state index is 12.7. The van der Waals surface area contributed by atoms with Crippen molar-refractivity contribution in [3.63, 3.8) is 0 Å². The average Bonchev–Trinajstić information content (AvgIpc) is 3.23. The van der Waals surface area contributed by atoms with Crippen molar-refractivity contribution in [2.24, 2.45) is 0 Å². The van der Waals surface area contributed by atoms with Crippen molar-refractivity contribution in [2.45, 2.75) is 25.0 Å². The van der Waals surface area contributed by atoms with Crippen LogP contribution in [0.25, 0.3) is 11.1 Å². The number of urea groups is 1. The quantitative estimate of drug-likeness (QED) is 0.610. The summed E-state index contributed by atoms with van der Waals surface area (Å²) in [5.74, 6) is 0.182. The standard InChI is InChI=1S/C23H23N3O4S/c1-30-21-14-18(12-13-24-21)20-11-10-17-8-5-9-19(17)22(20)25-23(27)26-31(28,29)15-16-6-3-2-4-7-16/h2-4,6-7,10-14H,5,8-9,15H2,1H3,(H2,25,26,27). The number of carbonyl (C=O) groups is 1. The minimum Gasteiger partial charge on any atom is -0.481 e. The fourth-order valence-electron chi connectivity index (χ4n) is 3.85. The van der Waals surface area contributed by atoms with Gasteiger partial charge in [0.1, 0.15) is 0 Å². The number of hydrogen-bond donors (Lipinski definition) is 2. The largest absolute Gasteiger partial charge is 0.481 e. The van der Waals surface area contributed by atoms with Crippen LogP contribution in [0.4, 0.5) is 10.5 Å². The number of carbonyl (C=O) groups excluding carboxylic acids is 1. The SMILES string of the molecule is COc1cc(-c2ccc3c(c2NC(=O)NS(=O)(=O)Cc2ccccc2)CCC3)ccn1. The number of amides is 2. The monoisotopic (exact) mass is 437 g/mol. The van der Waals surface area contributed by atoms with Crippen molar-refractivity contribution in [1.82, 2.24) is 9.71 Å². The molecule has 4 rings (SSSR count). The molecule has 0 saturated heterocycles. The highest BCUT2D eigenvalue weighted by Crippen LogP contribution is 2.38. The smallest absolute Gasteiger partial charge is 0.332 e. The number of hydrogen-bond acceptors (Lipinski definition) is 5. The van der Waals surface area contributed by atoms with Gasteiger partial charge in [-0.2, -0.15) is 0 Å². The molecule has 0 unspecified atom stereocenters. The molecular formula is C23H23N3O4S. The lowest BCUT2D eigenvalue weighted by molar-refractivity contribution is 0.256. The van der Waals surface area contributed by atoms with Gasteiger partial charge < -0.3 is 10.1 Å². The molecule has 8 heteroatoms. The fourth-order valence-corrected chi connectivity index (χ4v) is 4.89. The molecule has 1 heterocycles. The Morgan fingerprint density at radius 2 is 1.90 bits per heavy atom. The van der Waals surface area contributed by atoms with E-state index in [1.165, 1.54) is 0 Å². The number of nitrogens with one attached hydrogen (secondary N) is 2. The molecule has 0 atom stereocenters. The van der Waals surface area contributed by atoms with Crippen LogP contribution in [0.5, 0.6) is 5.88 Å². The normalized spacial score (nSPS) is 12.8. The lowest BCUT2D eigenvalue weighted by atomic mass is 9.98. The first-order valence-electron chi connectivity index (χ1n) is 9.96. The molecule has 0 saturated carbocycles. The first-order chi connectivity index (χ1) is 14.9. The van der Waals surface area contributed by atoms with Crippen LogP contribution in [0.3, 0.4) is 0 Å². The minimum absolute atomic E-state index is 0.275. The summed E-state index contributed by atoms with van der Waals surface area (Å²) in [7, 11) is -2.31. The van der Waals surface area contributed by atoms with Crippen LogP contribution < -0.4 is 14.8 Å². The van der Waals surface area contributed by atoms with E-state index in [9.17, 15) is 13.2 Å². The number of fused-ring (bicyclic) bond motifs is 1. The zero-order valence-corrected chi connectivity index (χ0v) is 17.9. The molecule has 1 aromatic heterocycles. The molecule has 0 aliphatic heterocycles. The van der Waals surface area contributed by atoms with Gasteiger partial charge in [-0.25, -0.2) is 22.9 Å². The van der Waals surface area contributed by atoms with Crippen LogP contribution in [0.2, 0.25) is 0 Å². The molecule has 1 aliphatic carbocycles. The summed E-state index contributed by atoms with van der Waals surface area (Å²) >= 11 is 0. The summed E-state index contributed by atoms with van der Waals surface area (Å²) < 4.78 is 32.3. The zero-order valence-electron chi connectivity index (χ0n) is 17.1. The molecule has 0 radical (unpaired) electrons. The van der Waals surface area contributed by atoms with Gasteiger partial charge in [0.05, 0.1) is 18.6 Å². The number of methoxy groups -OCH3 is 1. The summed E-state index contributed by atoms with van der Waals surface area (Å²) in [4.78, 5) is 16.8. The Labute approximate surface area is 181 Å². The highest BCUT2D eigenvalue weighted by atomic mass is 32.2. The molecule has 0 fully saturated rings. The summed E-state index contributed by atoms with van der Waals surface area (Å²) in [6.45, 7) is 0. The molecular weight excluding hydrogens is 414 g/mol. The van der Waals surface area contributed by atoms with Crippen molar-refractivity contribution in [3.8, 4) is 17.0 Å². The molecule has 0 bridgehead atoms. The second kappa shape index (κ2) is 8.77. The van der Waals surface area contributed by atoms with E-state index < -0.39 is 16.1 Å². The molecule has 1 aliphatic rings. The van der Waals surface area contributed by atoms with Crippen LogP contribution in [-0.4, -0.2) is 26.5 Å². The predicted octanol–water partition coefficient (Wildman–Crippen LogP) is 3.90. The summed E-state index contributed by atoms with van der Waals surface area (Å²) in [5.41, 5.74) is 5.03. The fraction of sp³-hybridized carbons (Fsp3) is 0.217. The number of ether oxygens (including phenoxy) is 1. The van der Waals surface area contributed by atoms with E-state index >= 15 is 0 Å². The lowest BCUT2D eigenvalue weighted by Crippen LogP contribution is -2.35. The first kappa shape index (κ1) is 20.9. The second-order valence-corrected chi connectivity index (χ2v) is 9.09. The third-order valence-electron chi connectivity index (χ3n) is 5.22. The molecule has 7 nitrogen and oxygen atoms in total. The number of nitrogens with zero attached hydrogens (tertiary/aromatic N) is 1. The van der Waals surface area contributed by atoms with E-state index in [0.717, 1.165) is 41.5 Å². The van der Waals surface area contributed by atoms with E-state index in [1.807, 2.05) is 18.2 Å². The number of benzene rings is 2. The third kappa shape index (κ3) is 4.86. The van der Waals surface area contributed by atoms with Crippen LogP contribution in [-0.2, 0) is 28.6 Å². The second-order valence-electron chi connectivity index (χ2n) is 7.37. The Balaban J connectivity index is 1.61. The Bertz CT molecular complexity index is 1210. The van der Waals surface area contributed by atoms with E-state index in [0.29, 0.717) is 17.1 Å². The van der Waals surface area contributed by atoms with E-state index in [2.05, 4.69) is 21.1 Å². The van der Waals surface area contributed by atoms with Crippen molar-refractivity contribution < 1.29 is 17.9 Å². The van der Waals surface area contributed by atoms with Crippen LogP contribution in [0.15, 0.2) is 60.8 Å². The molecule has 3 aromatic rings. The van der Waals surface area contributed by atoms with Crippen LogP contribution in [0, 0.1) is 0 Å². The van der Waals surface area contributed by atoms with Gasteiger partial charge in [-0.3, -0.25) is 0 Å². The molecule has 2 aromatic carbocycles. The molecule has 160 valence electrons. The lowest BCUT2D eigenvalue weighted by Gasteiger charge is -2.17. The summed E-state index contributed by atoms with van der Waals surface area (Å²) in [5, 5.41) is 2.80. The summed E-state index contributed by atoms with van der Waals surface area (Å²) in [6.07, 6.45) is 4.37.